The van der Waals surface area contributed by atoms with E-state index in [4.69, 9.17) is 0 Å². The van der Waals surface area contributed by atoms with Gasteiger partial charge in [-0.25, -0.2) is 0 Å². The lowest BCUT2D eigenvalue weighted by atomic mass is 10.2. The molecular formula is C26H28ClN3O. The zero-order valence-corrected chi connectivity index (χ0v) is 18.3. The molecule has 5 heteroatoms. The molecule has 1 aliphatic heterocycles. The summed E-state index contributed by atoms with van der Waals surface area (Å²) in [7, 11) is 0. The summed E-state index contributed by atoms with van der Waals surface area (Å²) in [5.74, 6) is -0.124. The van der Waals surface area contributed by atoms with Gasteiger partial charge < -0.3 is 10.2 Å². The third kappa shape index (κ3) is 6.71. The van der Waals surface area contributed by atoms with Crippen molar-refractivity contribution < 1.29 is 4.79 Å². The van der Waals surface area contributed by atoms with Crippen LogP contribution in [-0.4, -0.2) is 37.0 Å². The predicted molar refractivity (Wildman–Crippen MR) is 132 cm³/mol. The van der Waals surface area contributed by atoms with Gasteiger partial charge in [0.2, 0.25) is 5.91 Å². The van der Waals surface area contributed by atoms with Crippen LogP contribution in [0, 0.1) is 0 Å². The van der Waals surface area contributed by atoms with Gasteiger partial charge in [-0.2, -0.15) is 0 Å². The molecule has 160 valence electrons. The molecule has 1 amide bonds. The van der Waals surface area contributed by atoms with Crippen molar-refractivity contribution in [2.75, 3.05) is 36.4 Å². The second kappa shape index (κ2) is 11.3. The Kier molecular flexibility index (Phi) is 8.27. The van der Waals surface area contributed by atoms with Crippen molar-refractivity contribution in [3.05, 3.63) is 102 Å². The minimum absolute atomic E-state index is 0. The Labute approximate surface area is 190 Å². The first kappa shape index (κ1) is 22.6. The van der Waals surface area contributed by atoms with Crippen LogP contribution in [-0.2, 0) is 11.3 Å². The summed E-state index contributed by atoms with van der Waals surface area (Å²) in [6, 6.07) is 28.6. The first-order valence-electron chi connectivity index (χ1n) is 10.4. The second-order valence-electron chi connectivity index (χ2n) is 7.53. The molecule has 1 heterocycles. The van der Waals surface area contributed by atoms with E-state index in [0.29, 0.717) is 0 Å². The van der Waals surface area contributed by atoms with Gasteiger partial charge in [0.15, 0.2) is 0 Å². The van der Waals surface area contributed by atoms with Crippen LogP contribution >= 0.6 is 12.4 Å². The van der Waals surface area contributed by atoms with Gasteiger partial charge in [-0.15, -0.1) is 12.4 Å². The lowest BCUT2D eigenvalue weighted by molar-refractivity contribution is -0.111. The molecule has 1 fully saturated rings. The fourth-order valence-corrected chi connectivity index (χ4v) is 3.68. The van der Waals surface area contributed by atoms with Crippen LogP contribution in [0.15, 0.2) is 91.0 Å². The highest BCUT2D eigenvalue weighted by Gasteiger charge is 2.17. The Hall–Kier alpha value is -3.08. The van der Waals surface area contributed by atoms with Gasteiger partial charge in [0, 0.05) is 50.2 Å². The summed E-state index contributed by atoms with van der Waals surface area (Å²) in [5, 5.41) is 2.92. The Balaban J connectivity index is 0.00000272. The maximum atomic E-state index is 12.1. The van der Waals surface area contributed by atoms with E-state index in [-0.39, 0.29) is 18.3 Å². The molecule has 4 nitrogen and oxygen atoms in total. The van der Waals surface area contributed by atoms with Crippen molar-refractivity contribution in [2.24, 2.45) is 0 Å². The van der Waals surface area contributed by atoms with E-state index in [0.717, 1.165) is 44.0 Å². The fraction of sp³-hybridized carbons (Fsp3) is 0.192. The highest BCUT2D eigenvalue weighted by molar-refractivity contribution is 6.02. The van der Waals surface area contributed by atoms with Crippen LogP contribution < -0.4 is 10.2 Å². The molecule has 3 aromatic rings. The fourth-order valence-electron chi connectivity index (χ4n) is 3.68. The topological polar surface area (TPSA) is 35.6 Å². The number of nitrogens with zero attached hydrogens (tertiary/aromatic N) is 2. The Morgan fingerprint density at radius 2 is 1.42 bits per heavy atom. The van der Waals surface area contributed by atoms with Crippen molar-refractivity contribution in [3.63, 3.8) is 0 Å². The molecule has 0 bridgehead atoms. The molecule has 4 rings (SSSR count). The minimum atomic E-state index is -0.124. The second-order valence-corrected chi connectivity index (χ2v) is 7.53. The van der Waals surface area contributed by atoms with E-state index in [1.165, 1.54) is 11.3 Å². The number of anilines is 2. The van der Waals surface area contributed by atoms with E-state index < -0.39 is 0 Å². The Morgan fingerprint density at radius 3 is 2.06 bits per heavy atom. The monoisotopic (exact) mass is 433 g/mol. The largest absolute Gasteiger partial charge is 0.369 e. The molecule has 3 aromatic carbocycles. The van der Waals surface area contributed by atoms with Crippen molar-refractivity contribution >= 4 is 35.8 Å². The maximum Gasteiger partial charge on any atom is 0.248 e. The van der Waals surface area contributed by atoms with Crippen molar-refractivity contribution in [1.29, 1.82) is 0 Å². The number of carbonyl (C=O) groups excluding carboxylic acids is 1. The number of hydrogen-bond acceptors (Lipinski definition) is 3. The van der Waals surface area contributed by atoms with Gasteiger partial charge in [-0.1, -0.05) is 60.7 Å². The molecule has 0 aliphatic carbocycles. The zero-order valence-electron chi connectivity index (χ0n) is 17.5. The molecule has 0 saturated carbocycles. The Bertz CT molecular complexity index is 967. The van der Waals surface area contributed by atoms with Gasteiger partial charge in [0.25, 0.3) is 0 Å². The quantitative estimate of drug-likeness (QED) is 0.550. The predicted octanol–water partition coefficient (Wildman–Crippen LogP) is 5.08. The zero-order chi connectivity index (χ0) is 20.6. The number of carbonyl (C=O) groups is 1. The normalized spacial score (nSPS) is 14.3. The molecule has 1 N–H and O–H groups in total. The van der Waals surface area contributed by atoms with Crippen molar-refractivity contribution in [2.45, 2.75) is 6.54 Å². The molecule has 0 radical (unpaired) electrons. The van der Waals surface area contributed by atoms with Gasteiger partial charge in [0.05, 0.1) is 0 Å². The van der Waals surface area contributed by atoms with E-state index in [9.17, 15) is 4.79 Å². The number of benzene rings is 3. The summed E-state index contributed by atoms with van der Waals surface area (Å²) < 4.78 is 0. The molecule has 0 unspecified atom stereocenters. The summed E-state index contributed by atoms with van der Waals surface area (Å²) in [5.41, 5.74) is 4.39. The first-order valence-corrected chi connectivity index (χ1v) is 10.4. The average molecular weight is 434 g/mol. The van der Waals surface area contributed by atoms with Crippen molar-refractivity contribution in [1.82, 2.24) is 4.90 Å². The van der Waals surface area contributed by atoms with Crippen LogP contribution in [0.4, 0.5) is 11.4 Å². The van der Waals surface area contributed by atoms with Crippen LogP contribution in [0.3, 0.4) is 0 Å². The maximum absolute atomic E-state index is 12.1. The molecule has 0 aromatic heterocycles. The number of piperazine rings is 1. The number of amides is 1. The molecule has 31 heavy (non-hydrogen) atoms. The van der Waals surface area contributed by atoms with Gasteiger partial charge in [-0.3, -0.25) is 9.69 Å². The SMILES string of the molecule is Cl.O=C(/C=C/c1ccccc1)Nc1ccc(N2CCN(Cc3ccccc3)CC2)cc1. The average Bonchev–Trinajstić information content (AvgIpc) is 2.80. The number of halogens is 1. The third-order valence-electron chi connectivity index (χ3n) is 5.35. The summed E-state index contributed by atoms with van der Waals surface area (Å²) in [6.45, 7) is 5.14. The smallest absolute Gasteiger partial charge is 0.248 e. The van der Waals surface area contributed by atoms with Crippen LogP contribution in [0.5, 0.6) is 0 Å². The lowest BCUT2D eigenvalue weighted by Gasteiger charge is -2.36. The minimum Gasteiger partial charge on any atom is -0.369 e. The molecular weight excluding hydrogens is 406 g/mol. The van der Waals surface area contributed by atoms with Crippen LogP contribution in [0.25, 0.3) is 6.08 Å². The standard InChI is InChI=1S/C26H27N3O.ClH/c30-26(16-11-22-7-3-1-4-8-22)27-24-12-14-25(15-13-24)29-19-17-28(18-20-29)21-23-9-5-2-6-10-23;/h1-16H,17-21H2,(H,27,30);1H/b16-11+;. The molecule has 1 aliphatic rings. The third-order valence-corrected chi connectivity index (χ3v) is 5.35. The number of hydrogen-bond donors (Lipinski definition) is 1. The molecule has 0 atom stereocenters. The number of nitrogens with one attached hydrogen (secondary N) is 1. The van der Waals surface area contributed by atoms with Crippen molar-refractivity contribution in [3.8, 4) is 0 Å². The van der Waals surface area contributed by atoms with Gasteiger partial charge in [0.1, 0.15) is 0 Å². The van der Waals surface area contributed by atoms with Crippen LogP contribution in [0.2, 0.25) is 0 Å². The van der Waals surface area contributed by atoms with E-state index >= 15 is 0 Å². The van der Waals surface area contributed by atoms with E-state index in [2.05, 4.69) is 57.6 Å². The Morgan fingerprint density at radius 1 is 0.806 bits per heavy atom. The summed E-state index contributed by atoms with van der Waals surface area (Å²) in [6.07, 6.45) is 3.38. The van der Waals surface area contributed by atoms with Gasteiger partial charge >= 0.3 is 0 Å². The van der Waals surface area contributed by atoms with Gasteiger partial charge in [-0.05, 0) is 41.5 Å². The summed E-state index contributed by atoms with van der Waals surface area (Å²) in [4.78, 5) is 17.0. The molecule has 0 spiro atoms. The lowest BCUT2D eigenvalue weighted by Crippen LogP contribution is -2.45. The first-order chi connectivity index (χ1) is 14.8. The summed E-state index contributed by atoms with van der Waals surface area (Å²) >= 11 is 0. The van der Waals surface area contributed by atoms with Crippen LogP contribution in [0.1, 0.15) is 11.1 Å². The van der Waals surface area contributed by atoms with E-state index in [1.807, 2.05) is 48.5 Å². The number of rotatable bonds is 6. The highest BCUT2D eigenvalue weighted by Crippen LogP contribution is 2.20. The van der Waals surface area contributed by atoms with E-state index in [1.54, 1.807) is 6.08 Å². The highest BCUT2D eigenvalue weighted by atomic mass is 35.5. The molecule has 1 saturated heterocycles.